The molecule has 4 rings (SSSR count). The lowest BCUT2D eigenvalue weighted by atomic mass is 9.83. The zero-order valence-electron chi connectivity index (χ0n) is 16.3. The van der Waals surface area contributed by atoms with E-state index in [-0.39, 0.29) is 22.2 Å². The maximum absolute atomic E-state index is 12.3. The SMILES string of the molecule is CC(C)(C)c1ccc(-c2cc(=O)cc3oc4cc(O)ccc4cc2-3)c(C(=O)O)c1. The third-order valence-corrected chi connectivity index (χ3v) is 5.04. The Balaban J connectivity index is 2.05. The van der Waals surface area contributed by atoms with Crippen LogP contribution in [0.4, 0.5) is 0 Å². The molecule has 0 aromatic heterocycles. The minimum Gasteiger partial charge on any atom is -0.508 e. The van der Waals surface area contributed by atoms with Gasteiger partial charge in [-0.3, -0.25) is 4.79 Å². The van der Waals surface area contributed by atoms with Crippen LogP contribution in [0, 0.1) is 0 Å². The summed E-state index contributed by atoms with van der Waals surface area (Å²) >= 11 is 0. The van der Waals surface area contributed by atoms with Crippen LogP contribution in [0.3, 0.4) is 0 Å². The first-order chi connectivity index (χ1) is 13.6. The van der Waals surface area contributed by atoms with Crippen molar-refractivity contribution in [2.24, 2.45) is 0 Å². The maximum Gasteiger partial charge on any atom is 0.336 e. The molecule has 0 bridgehead atoms. The van der Waals surface area contributed by atoms with Gasteiger partial charge >= 0.3 is 5.97 Å². The molecular formula is C24H20O5. The van der Waals surface area contributed by atoms with Gasteiger partial charge in [-0.2, -0.15) is 0 Å². The zero-order chi connectivity index (χ0) is 20.9. The maximum atomic E-state index is 12.3. The molecule has 0 atom stereocenters. The molecule has 0 radical (unpaired) electrons. The topological polar surface area (TPSA) is 87.7 Å². The van der Waals surface area contributed by atoms with Crippen molar-refractivity contribution in [2.45, 2.75) is 26.2 Å². The first kappa shape index (κ1) is 18.7. The number of carboxylic acid groups (broad SMARTS) is 1. The summed E-state index contributed by atoms with van der Waals surface area (Å²) in [6.45, 7) is 6.05. The average molecular weight is 388 g/mol. The normalized spacial score (nSPS) is 11.8. The summed E-state index contributed by atoms with van der Waals surface area (Å²) in [7, 11) is 0. The van der Waals surface area contributed by atoms with Crippen LogP contribution in [-0.2, 0) is 5.41 Å². The fourth-order valence-corrected chi connectivity index (χ4v) is 3.48. The lowest BCUT2D eigenvalue weighted by Gasteiger charge is -2.21. The predicted octanol–water partition coefficient (Wildman–Crippen LogP) is 5.27. The van der Waals surface area contributed by atoms with Crippen LogP contribution in [0.25, 0.3) is 33.4 Å². The molecule has 5 heteroatoms. The monoisotopic (exact) mass is 388 g/mol. The van der Waals surface area contributed by atoms with Crippen molar-refractivity contribution in [3.8, 4) is 28.2 Å². The molecule has 2 aromatic carbocycles. The van der Waals surface area contributed by atoms with Crippen molar-refractivity contribution in [1.82, 2.24) is 0 Å². The molecule has 1 aliphatic heterocycles. The summed E-state index contributed by atoms with van der Waals surface area (Å²) in [5.41, 5.74) is 2.57. The standard InChI is InChI=1S/C24H20O5/c1-24(2,3)14-5-7-17(20(9-14)23(27)28)18-10-16(26)12-22-19(18)8-13-4-6-15(25)11-21(13)29-22/h4-12,25H,1-3H3,(H,27,28). The van der Waals surface area contributed by atoms with E-state index < -0.39 is 5.97 Å². The molecular weight excluding hydrogens is 368 g/mol. The van der Waals surface area contributed by atoms with E-state index in [1.807, 2.05) is 32.9 Å². The highest BCUT2D eigenvalue weighted by Gasteiger charge is 2.22. The van der Waals surface area contributed by atoms with Crippen molar-refractivity contribution in [1.29, 1.82) is 0 Å². The van der Waals surface area contributed by atoms with Gasteiger partial charge in [0.2, 0.25) is 0 Å². The van der Waals surface area contributed by atoms with E-state index in [1.165, 1.54) is 18.2 Å². The number of aromatic hydroxyl groups is 1. The lowest BCUT2D eigenvalue weighted by Crippen LogP contribution is -2.13. The molecule has 2 N–H and O–H groups in total. The molecule has 29 heavy (non-hydrogen) atoms. The van der Waals surface area contributed by atoms with E-state index in [0.717, 1.165) is 10.9 Å². The fourth-order valence-electron chi connectivity index (χ4n) is 3.48. The molecule has 0 saturated heterocycles. The number of hydrogen-bond donors (Lipinski definition) is 2. The number of phenolic OH excluding ortho intramolecular Hbond substituents is 1. The van der Waals surface area contributed by atoms with Crippen molar-refractivity contribution in [3.05, 3.63) is 75.9 Å². The first-order valence-electron chi connectivity index (χ1n) is 9.22. The number of hydrogen-bond acceptors (Lipinski definition) is 4. The Hall–Kier alpha value is -3.60. The molecule has 146 valence electrons. The highest BCUT2D eigenvalue weighted by Crippen LogP contribution is 2.38. The fraction of sp³-hybridized carbons (Fsp3) is 0.167. The van der Waals surface area contributed by atoms with Gasteiger partial charge in [0.05, 0.1) is 5.56 Å². The van der Waals surface area contributed by atoms with Gasteiger partial charge in [-0.05, 0) is 52.4 Å². The Bertz CT molecular complexity index is 1290. The largest absolute Gasteiger partial charge is 0.508 e. The number of fused-ring (bicyclic) bond motifs is 2. The van der Waals surface area contributed by atoms with Crippen molar-refractivity contribution in [3.63, 3.8) is 0 Å². The lowest BCUT2D eigenvalue weighted by molar-refractivity contribution is 0.0697. The van der Waals surface area contributed by atoms with Crippen LogP contribution in [0.1, 0.15) is 36.7 Å². The van der Waals surface area contributed by atoms with Crippen LogP contribution in [0.2, 0.25) is 0 Å². The van der Waals surface area contributed by atoms with Gasteiger partial charge in [0.15, 0.2) is 5.43 Å². The van der Waals surface area contributed by atoms with Crippen LogP contribution >= 0.6 is 0 Å². The highest BCUT2D eigenvalue weighted by atomic mass is 16.4. The van der Waals surface area contributed by atoms with Gasteiger partial charge in [0, 0.05) is 23.1 Å². The van der Waals surface area contributed by atoms with Crippen molar-refractivity contribution >= 4 is 16.9 Å². The van der Waals surface area contributed by atoms with Crippen LogP contribution < -0.4 is 5.43 Å². The van der Waals surface area contributed by atoms with Gasteiger partial charge in [0.25, 0.3) is 0 Å². The Kier molecular flexibility index (Phi) is 4.19. The summed E-state index contributed by atoms with van der Waals surface area (Å²) in [5, 5.41) is 20.3. The molecule has 2 aromatic rings. The molecule has 5 nitrogen and oxygen atoms in total. The predicted molar refractivity (Wildman–Crippen MR) is 112 cm³/mol. The molecule has 0 unspecified atom stereocenters. The minimum absolute atomic E-state index is 0.0602. The Labute approximate surface area is 167 Å². The molecule has 0 fully saturated rings. The van der Waals surface area contributed by atoms with E-state index in [2.05, 4.69) is 0 Å². The second-order valence-corrected chi connectivity index (χ2v) is 8.17. The minimum atomic E-state index is -1.06. The van der Waals surface area contributed by atoms with Crippen molar-refractivity contribution < 1.29 is 19.4 Å². The summed E-state index contributed by atoms with van der Waals surface area (Å²) in [6.07, 6.45) is 0. The Morgan fingerprint density at radius 1 is 0.897 bits per heavy atom. The van der Waals surface area contributed by atoms with Crippen LogP contribution in [0.5, 0.6) is 5.75 Å². The summed E-state index contributed by atoms with van der Waals surface area (Å²) in [4.78, 5) is 24.3. The molecule has 0 saturated carbocycles. The van der Waals surface area contributed by atoms with E-state index in [1.54, 1.807) is 24.3 Å². The second kappa shape index (κ2) is 6.48. The molecule has 0 amide bonds. The van der Waals surface area contributed by atoms with Gasteiger partial charge in [-0.1, -0.05) is 32.9 Å². The number of phenols is 1. The van der Waals surface area contributed by atoms with Crippen LogP contribution in [-0.4, -0.2) is 16.2 Å². The second-order valence-electron chi connectivity index (χ2n) is 8.17. The summed E-state index contributed by atoms with van der Waals surface area (Å²) in [6, 6.07) is 14.7. The van der Waals surface area contributed by atoms with Crippen molar-refractivity contribution in [2.75, 3.05) is 0 Å². The zero-order valence-corrected chi connectivity index (χ0v) is 16.3. The number of rotatable bonds is 2. The Morgan fingerprint density at radius 2 is 1.66 bits per heavy atom. The molecule has 0 spiro atoms. The summed E-state index contributed by atoms with van der Waals surface area (Å²) < 4.78 is 5.84. The third-order valence-electron chi connectivity index (χ3n) is 5.04. The van der Waals surface area contributed by atoms with Gasteiger partial charge < -0.3 is 14.6 Å². The van der Waals surface area contributed by atoms with E-state index >= 15 is 0 Å². The number of benzene rings is 3. The quantitative estimate of drug-likeness (QED) is 0.457. The first-order valence-corrected chi connectivity index (χ1v) is 9.22. The van der Waals surface area contributed by atoms with Gasteiger partial charge in [-0.15, -0.1) is 0 Å². The Morgan fingerprint density at radius 3 is 2.34 bits per heavy atom. The smallest absolute Gasteiger partial charge is 0.336 e. The molecule has 2 aliphatic rings. The van der Waals surface area contributed by atoms with Crippen LogP contribution in [0.15, 0.2) is 63.8 Å². The van der Waals surface area contributed by atoms with E-state index in [9.17, 15) is 19.8 Å². The third kappa shape index (κ3) is 3.36. The van der Waals surface area contributed by atoms with Gasteiger partial charge in [-0.25, -0.2) is 4.79 Å². The summed E-state index contributed by atoms with van der Waals surface area (Å²) in [5.74, 6) is -0.662. The molecule has 1 heterocycles. The average Bonchev–Trinajstić information content (AvgIpc) is 2.64. The number of carbonyl (C=O) groups is 1. The number of carboxylic acids is 1. The highest BCUT2D eigenvalue weighted by molar-refractivity contribution is 6.00. The number of aromatic carboxylic acids is 1. The van der Waals surface area contributed by atoms with E-state index in [4.69, 9.17) is 4.42 Å². The van der Waals surface area contributed by atoms with Gasteiger partial charge in [0.1, 0.15) is 17.1 Å². The van der Waals surface area contributed by atoms with E-state index in [0.29, 0.717) is 28.0 Å². The molecule has 1 aliphatic carbocycles.